The minimum Gasteiger partial charge on any atom is -0.480 e. The van der Waals surface area contributed by atoms with E-state index in [1.807, 2.05) is 19.9 Å². The number of amides is 1. The molecule has 1 atom stereocenters. The maximum atomic E-state index is 12.1. The molecular weight excluding hydrogens is 234 g/mol. The van der Waals surface area contributed by atoms with E-state index in [2.05, 4.69) is 5.10 Å². The molecule has 0 aliphatic carbocycles. The van der Waals surface area contributed by atoms with E-state index >= 15 is 0 Å². The predicted molar refractivity (Wildman–Crippen MR) is 64.1 cm³/mol. The Bertz CT molecular complexity index is 481. The fraction of sp³-hybridized carbons (Fsp3) is 0.583. The van der Waals surface area contributed by atoms with Crippen molar-refractivity contribution in [2.75, 3.05) is 6.54 Å². The lowest BCUT2D eigenvalue weighted by Gasteiger charge is -2.21. The first-order valence-corrected chi connectivity index (χ1v) is 6.02. The summed E-state index contributed by atoms with van der Waals surface area (Å²) in [7, 11) is 0. The molecule has 0 spiro atoms. The zero-order valence-electron chi connectivity index (χ0n) is 10.6. The molecular formula is C12H17N3O3. The van der Waals surface area contributed by atoms with Gasteiger partial charge in [0, 0.05) is 12.2 Å². The maximum absolute atomic E-state index is 12.1. The van der Waals surface area contributed by atoms with Crippen LogP contribution in [0.25, 0.3) is 0 Å². The third-order valence-corrected chi connectivity index (χ3v) is 3.25. The van der Waals surface area contributed by atoms with Gasteiger partial charge in [0.15, 0.2) is 0 Å². The van der Waals surface area contributed by atoms with Crippen LogP contribution in [0.5, 0.6) is 0 Å². The number of carbonyl (C=O) groups is 2. The molecule has 1 saturated heterocycles. The summed E-state index contributed by atoms with van der Waals surface area (Å²) in [4.78, 5) is 24.6. The molecule has 18 heavy (non-hydrogen) atoms. The van der Waals surface area contributed by atoms with Crippen LogP contribution in [0, 0.1) is 13.8 Å². The van der Waals surface area contributed by atoms with E-state index in [-0.39, 0.29) is 12.5 Å². The topological polar surface area (TPSA) is 75.4 Å². The zero-order valence-corrected chi connectivity index (χ0v) is 10.6. The van der Waals surface area contributed by atoms with Crippen molar-refractivity contribution >= 4 is 11.9 Å². The molecule has 0 radical (unpaired) electrons. The van der Waals surface area contributed by atoms with Crippen LogP contribution < -0.4 is 0 Å². The van der Waals surface area contributed by atoms with Gasteiger partial charge in [0.25, 0.3) is 0 Å². The lowest BCUT2D eigenvalue weighted by Crippen LogP contribution is -2.42. The van der Waals surface area contributed by atoms with E-state index in [0.29, 0.717) is 13.0 Å². The van der Waals surface area contributed by atoms with E-state index in [0.717, 1.165) is 17.8 Å². The van der Waals surface area contributed by atoms with Crippen molar-refractivity contribution in [3.05, 3.63) is 17.5 Å². The zero-order chi connectivity index (χ0) is 13.3. The molecule has 1 aromatic heterocycles. The second-order valence-corrected chi connectivity index (χ2v) is 4.67. The second-order valence-electron chi connectivity index (χ2n) is 4.67. The molecule has 0 aromatic carbocycles. The van der Waals surface area contributed by atoms with Gasteiger partial charge in [0.05, 0.1) is 5.69 Å². The number of aromatic nitrogens is 2. The Hall–Kier alpha value is -1.85. The molecule has 2 rings (SSSR count). The molecule has 1 aliphatic rings. The largest absolute Gasteiger partial charge is 0.480 e. The Balaban J connectivity index is 2.08. The van der Waals surface area contributed by atoms with Gasteiger partial charge in [0.2, 0.25) is 5.91 Å². The van der Waals surface area contributed by atoms with Gasteiger partial charge < -0.3 is 10.0 Å². The van der Waals surface area contributed by atoms with Crippen LogP contribution in [0.1, 0.15) is 24.2 Å². The SMILES string of the molecule is Cc1cc(C)n(CC(=O)N2CCC[C@@H]2C(=O)O)n1. The summed E-state index contributed by atoms with van der Waals surface area (Å²) in [5.74, 6) is -1.10. The van der Waals surface area contributed by atoms with Crippen LogP contribution in [0.3, 0.4) is 0 Å². The van der Waals surface area contributed by atoms with E-state index < -0.39 is 12.0 Å². The molecule has 6 heteroatoms. The van der Waals surface area contributed by atoms with Gasteiger partial charge in [-0.05, 0) is 32.8 Å². The molecule has 1 aromatic rings. The fourth-order valence-electron chi connectivity index (χ4n) is 2.38. The molecule has 1 fully saturated rings. The molecule has 2 heterocycles. The van der Waals surface area contributed by atoms with Crippen LogP contribution in [-0.2, 0) is 16.1 Å². The molecule has 0 saturated carbocycles. The number of rotatable bonds is 3. The normalized spacial score (nSPS) is 19.2. The van der Waals surface area contributed by atoms with Crippen molar-refractivity contribution in [2.45, 2.75) is 39.3 Å². The van der Waals surface area contributed by atoms with Gasteiger partial charge >= 0.3 is 5.97 Å². The van der Waals surface area contributed by atoms with Crippen LogP contribution in [0.4, 0.5) is 0 Å². The van der Waals surface area contributed by atoms with Crippen LogP contribution in [0.2, 0.25) is 0 Å². The molecule has 6 nitrogen and oxygen atoms in total. The monoisotopic (exact) mass is 251 g/mol. The first-order valence-electron chi connectivity index (χ1n) is 6.02. The summed E-state index contributed by atoms with van der Waals surface area (Å²) < 4.78 is 1.62. The smallest absolute Gasteiger partial charge is 0.326 e. The summed E-state index contributed by atoms with van der Waals surface area (Å²) in [5.41, 5.74) is 1.77. The van der Waals surface area contributed by atoms with E-state index in [9.17, 15) is 9.59 Å². The Morgan fingerprint density at radius 2 is 2.22 bits per heavy atom. The standard InChI is InChI=1S/C12H17N3O3/c1-8-6-9(2)15(13-8)7-11(16)14-5-3-4-10(14)12(17)18/h6,10H,3-5,7H2,1-2H3,(H,17,18)/t10-/m1/s1. The highest BCUT2D eigenvalue weighted by molar-refractivity contribution is 5.84. The molecule has 1 N–H and O–H groups in total. The van der Waals surface area contributed by atoms with Crippen molar-refractivity contribution < 1.29 is 14.7 Å². The van der Waals surface area contributed by atoms with Gasteiger partial charge in [-0.3, -0.25) is 9.48 Å². The molecule has 1 aliphatic heterocycles. The van der Waals surface area contributed by atoms with Gasteiger partial charge in [-0.1, -0.05) is 0 Å². The lowest BCUT2D eigenvalue weighted by molar-refractivity contribution is -0.148. The minimum atomic E-state index is -0.922. The maximum Gasteiger partial charge on any atom is 0.326 e. The van der Waals surface area contributed by atoms with Gasteiger partial charge in [0.1, 0.15) is 12.6 Å². The first kappa shape index (κ1) is 12.6. The highest BCUT2D eigenvalue weighted by Gasteiger charge is 2.33. The second kappa shape index (κ2) is 4.80. The number of carboxylic acid groups (broad SMARTS) is 1. The third-order valence-electron chi connectivity index (χ3n) is 3.25. The predicted octanol–water partition coefficient (Wildman–Crippen LogP) is 0.576. The Morgan fingerprint density at radius 1 is 1.50 bits per heavy atom. The van der Waals surface area contributed by atoms with Crippen molar-refractivity contribution in [2.24, 2.45) is 0 Å². The number of hydrogen-bond donors (Lipinski definition) is 1. The average molecular weight is 251 g/mol. The summed E-state index contributed by atoms with van der Waals surface area (Å²) in [6, 6.07) is 1.22. The van der Waals surface area contributed by atoms with Crippen LogP contribution in [-0.4, -0.2) is 44.3 Å². The summed E-state index contributed by atoms with van der Waals surface area (Å²) in [6.07, 6.45) is 1.29. The van der Waals surface area contributed by atoms with Crippen molar-refractivity contribution in [1.29, 1.82) is 0 Å². The number of carboxylic acids is 1. The average Bonchev–Trinajstić information content (AvgIpc) is 2.86. The quantitative estimate of drug-likeness (QED) is 0.852. The molecule has 1 amide bonds. The van der Waals surface area contributed by atoms with Crippen LogP contribution in [0.15, 0.2) is 6.07 Å². The molecule has 0 bridgehead atoms. The number of hydrogen-bond acceptors (Lipinski definition) is 3. The number of aryl methyl sites for hydroxylation is 2. The van der Waals surface area contributed by atoms with Gasteiger partial charge in [-0.25, -0.2) is 4.79 Å². The molecule has 98 valence electrons. The fourth-order valence-corrected chi connectivity index (χ4v) is 2.38. The third kappa shape index (κ3) is 2.37. The summed E-state index contributed by atoms with van der Waals surface area (Å²) in [6.45, 7) is 4.38. The van der Waals surface area contributed by atoms with Gasteiger partial charge in [-0.15, -0.1) is 0 Å². The highest BCUT2D eigenvalue weighted by atomic mass is 16.4. The van der Waals surface area contributed by atoms with Crippen molar-refractivity contribution in [3.8, 4) is 0 Å². The first-order chi connectivity index (χ1) is 8.49. The van der Waals surface area contributed by atoms with Crippen LogP contribution >= 0.6 is 0 Å². The number of carbonyl (C=O) groups excluding carboxylic acids is 1. The Kier molecular flexibility index (Phi) is 3.36. The summed E-state index contributed by atoms with van der Waals surface area (Å²) >= 11 is 0. The van der Waals surface area contributed by atoms with Crippen molar-refractivity contribution in [3.63, 3.8) is 0 Å². The number of nitrogens with zero attached hydrogens (tertiary/aromatic N) is 3. The van der Waals surface area contributed by atoms with E-state index in [4.69, 9.17) is 5.11 Å². The highest BCUT2D eigenvalue weighted by Crippen LogP contribution is 2.18. The Morgan fingerprint density at radius 3 is 2.78 bits per heavy atom. The lowest BCUT2D eigenvalue weighted by atomic mass is 10.2. The summed E-state index contributed by atoms with van der Waals surface area (Å²) in [5, 5.41) is 13.3. The number of likely N-dealkylation sites (tertiary alicyclic amines) is 1. The molecule has 0 unspecified atom stereocenters. The minimum absolute atomic E-state index is 0.115. The van der Waals surface area contributed by atoms with Crippen molar-refractivity contribution in [1.82, 2.24) is 14.7 Å². The number of aliphatic carboxylic acids is 1. The van der Waals surface area contributed by atoms with Gasteiger partial charge in [-0.2, -0.15) is 5.10 Å². The van der Waals surface area contributed by atoms with E-state index in [1.165, 1.54) is 4.90 Å². The van der Waals surface area contributed by atoms with E-state index in [1.54, 1.807) is 4.68 Å². The Labute approximate surface area is 105 Å².